The Bertz CT molecular complexity index is 729. The van der Waals surface area contributed by atoms with E-state index in [9.17, 15) is 4.79 Å². The van der Waals surface area contributed by atoms with Gasteiger partial charge in [0.1, 0.15) is 0 Å². The molecule has 0 aromatic heterocycles. The van der Waals surface area contributed by atoms with Gasteiger partial charge in [0.15, 0.2) is 0 Å². The zero-order valence-electron chi connectivity index (χ0n) is 13.5. The van der Waals surface area contributed by atoms with Gasteiger partial charge < -0.3 is 10.2 Å². The van der Waals surface area contributed by atoms with Gasteiger partial charge in [-0.15, -0.1) is 0 Å². The number of halogens is 1. The standard InChI is InChI=1S/C19H21ClN2O/c1-13-9-10-17(16(20)12-13)21-19(23)22-11-5-8-18(22)15-7-4-3-6-14(15)2/h3-4,6-7,9-10,12,18H,5,8,11H2,1-2H3,(H,21,23). The van der Waals surface area contributed by atoms with Gasteiger partial charge in [0.25, 0.3) is 0 Å². The number of carbonyl (C=O) groups is 1. The Labute approximate surface area is 142 Å². The van der Waals surface area contributed by atoms with Crippen LogP contribution in [0.25, 0.3) is 0 Å². The number of amides is 2. The van der Waals surface area contributed by atoms with Crippen LogP contribution in [-0.4, -0.2) is 17.5 Å². The van der Waals surface area contributed by atoms with Crippen molar-refractivity contribution >= 4 is 23.3 Å². The van der Waals surface area contributed by atoms with E-state index in [4.69, 9.17) is 11.6 Å². The second kappa shape index (κ2) is 6.63. The molecule has 2 aromatic carbocycles. The van der Waals surface area contributed by atoms with E-state index >= 15 is 0 Å². The highest BCUT2D eigenvalue weighted by Crippen LogP contribution is 2.34. The summed E-state index contributed by atoms with van der Waals surface area (Å²) in [6.07, 6.45) is 2.02. The molecular formula is C19H21ClN2O. The summed E-state index contributed by atoms with van der Waals surface area (Å²) in [6.45, 7) is 4.85. The Kier molecular flexibility index (Phi) is 4.58. The van der Waals surface area contributed by atoms with Gasteiger partial charge in [-0.2, -0.15) is 0 Å². The molecule has 1 unspecified atom stereocenters. The van der Waals surface area contributed by atoms with Crippen LogP contribution >= 0.6 is 11.6 Å². The van der Waals surface area contributed by atoms with Gasteiger partial charge in [-0.1, -0.05) is 41.9 Å². The molecule has 2 amide bonds. The monoisotopic (exact) mass is 328 g/mol. The maximum Gasteiger partial charge on any atom is 0.322 e. The quantitative estimate of drug-likeness (QED) is 0.794. The molecule has 3 nitrogen and oxygen atoms in total. The molecule has 1 N–H and O–H groups in total. The summed E-state index contributed by atoms with van der Waals surface area (Å²) in [6, 6.07) is 14.0. The SMILES string of the molecule is Cc1ccc(NC(=O)N2CCCC2c2ccccc2C)c(Cl)c1. The molecule has 0 bridgehead atoms. The lowest BCUT2D eigenvalue weighted by Gasteiger charge is -2.26. The van der Waals surface area contributed by atoms with Gasteiger partial charge >= 0.3 is 6.03 Å². The molecule has 4 heteroatoms. The van der Waals surface area contributed by atoms with E-state index in [1.165, 1.54) is 11.1 Å². The minimum Gasteiger partial charge on any atom is -0.317 e. The van der Waals surface area contributed by atoms with Gasteiger partial charge in [0.05, 0.1) is 16.8 Å². The third-order valence-electron chi connectivity index (χ3n) is 4.43. The first-order chi connectivity index (χ1) is 11.1. The van der Waals surface area contributed by atoms with Crippen LogP contribution in [0.2, 0.25) is 5.02 Å². The largest absolute Gasteiger partial charge is 0.322 e. The van der Waals surface area contributed by atoms with Crippen LogP contribution in [0.1, 0.15) is 35.6 Å². The number of hydrogen-bond donors (Lipinski definition) is 1. The molecule has 2 aromatic rings. The van der Waals surface area contributed by atoms with Crippen LogP contribution in [0.5, 0.6) is 0 Å². The van der Waals surface area contributed by atoms with E-state index < -0.39 is 0 Å². The fourth-order valence-electron chi connectivity index (χ4n) is 3.20. The van der Waals surface area contributed by atoms with Crippen LogP contribution < -0.4 is 5.32 Å². The van der Waals surface area contributed by atoms with Crippen LogP contribution in [-0.2, 0) is 0 Å². The Hall–Kier alpha value is -2.00. The van der Waals surface area contributed by atoms with Crippen molar-refractivity contribution in [2.24, 2.45) is 0 Å². The second-order valence-corrected chi connectivity index (χ2v) is 6.53. The number of aryl methyl sites for hydroxylation is 2. The van der Waals surface area contributed by atoms with Crippen molar-refractivity contribution < 1.29 is 4.79 Å². The van der Waals surface area contributed by atoms with Gasteiger partial charge in [-0.05, 0) is 55.5 Å². The Morgan fingerprint density at radius 2 is 2.00 bits per heavy atom. The molecule has 120 valence electrons. The fourth-order valence-corrected chi connectivity index (χ4v) is 3.48. The fraction of sp³-hybridized carbons (Fsp3) is 0.316. The summed E-state index contributed by atoms with van der Waals surface area (Å²) in [5.41, 5.74) is 4.20. The normalized spacial score (nSPS) is 17.3. The zero-order chi connectivity index (χ0) is 16.4. The van der Waals surface area contributed by atoms with E-state index in [-0.39, 0.29) is 12.1 Å². The molecule has 1 heterocycles. The Balaban J connectivity index is 1.80. The topological polar surface area (TPSA) is 32.3 Å². The third kappa shape index (κ3) is 3.35. The lowest BCUT2D eigenvalue weighted by atomic mass is 9.99. The van der Waals surface area contributed by atoms with Crippen molar-refractivity contribution in [3.05, 3.63) is 64.2 Å². The van der Waals surface area contributed by atoms with E-state index in [0.717, 1.165) is 24.9 Å². The van der Waals surface area contributed by atoms with Crippen molar-refractivity contribution in [1.29, 1.82) is 0 Å². The summed E-state index contributed by atoms with van der Waals surface area (Å²) >= 11 is 6.23. The first-order valence-corrected chi connectivity index (χ1v) is 8.33. The van der Waals surface area contributed by atoms with Crippen molar-refractivity contribution in [3.63, 3.8) is 0 Å². The van der Waals surface area contributed by atoms with E-state index in [1.54, 1.807) is 0 Å². The van der Waals surface area contributed by atoms with Crippen LogP contribution in [0, 0.1) is 13.8 Å². The third-order valence-corrected chi connectivity index (χ3v) is 4.74. The van der Waals surface area contributed by atoms with E-state index in [2.05, 4.69) is 24.4 Å². The summed E-state index contributed by atoms with van der Waals surface area (Å²) in [5.74, 6) is 0. The number of hydrogen-bond acceptors (Lipinski definition) is 1. The van der Waals surface area contributed by atoms with Crippen molar-refractivity contribution in [2.75, 3.05) is 11.9 Å². The minimum absolute atomic E-state index is 0.0819. The number of likely N-dealkylation sites (tertiary alicyclic amines) is 1. The van der Waals surface area contributed by atoms with E-state index in [0.29, 0.717) is 10.7 Å². The number of rotatable bonds is 2. The van der Waals surface area contributed by atoms with Crippen molar-refractivity contribution in [1.82, 2.24) is 4.90 Å². The highest BCUT2D eigenvalue weighted by Gasteiger charge is 2.30. The molecule has 1 aliphatic heterocycles. The maximum atomic E-state index is 12.7. The van der Waals surface area contributed by atoms with Crippen molar-refractivity contribution in [3.8, 4) is 0 Å². The number of nitrogens with zero attached hydrogens (tertiary/aromatic N) is 1. The van der Waals surface area contributed by atoms with Gasteiger partial charge in [-0.3, -0.25) is 0 Å². The average Bonchev–Trinajstić information content (AvgIpc) is 3.00. The van der Waals surface area contributed by atoms with E-state index in [1.807, 2.05) is 42.2 Å². The molecular weight excluding hydrogens is 308 g/mol. The summed E-state index contributed by atoms with van der Waals surface area (Å²) in [4.78, 5) is 14.6. The Morgan fingerprint density at radius 1 is 1.22 bits per heavy atom. The highest BCUT2D eigenvalue weighted by molar-refractivity contribution is 6.33. The molecule has 1 saturated heterocycles. The zero-order valence-corrected chi connectivity index (χ0v) is 14.2. The predicted octanol–water partition coefficient (Wildman–Crippen LogP) is 5.33. The molecule has 0 aliphatic carbocycles. The lowest BCUT2D eigenvalue weighted by Crippen LogP contribution is -2.34. The number of urea groups is 1. The molecule has 1 fully saturated rings. The van der Waals surface area contributed by atoms with Gasteiger partial charge in [0, 0.05) is 6.54 Å². The van der Waals surface area contributed by atoms with Crippen LogP contribution in [0.3, 0.4) is 0 Å². The predicted molar refractivity (Wildman–Crippen MR) is 95.1 cm³/mol. The minimum atomic E-state index is -0.0819. The number of anilines is 1. The summed E-state index contributed by atoms with van der Waals surface area (Å²) in [5, 5.41) is 3.53. The maximum absolute atomic E-state index is 12.7. The first kappa shape index (κ1) is 15.9. The molecule has 3 rings (SSSR count). The number of carbonyl (C=O) groups excluding carboxylic acids is 1. The number of nitrogens with one attached hydrogen (secondary N) is 1. The van der Waals surface area contributed by atoms with Crippen LogP contribution in [0.4, 0.5) is 10.5 Å². The van der Waals surface area contributed by atoms with Crippen molar-refractivity contribution in [2.45, 2.75) is 32.7 Å². The molecule has 23 heavy (non-hydrogen) atoms. The van der Waals surface area contributed by atoms with Crippen LogP contribution in [0.15, 0.2) is 42.5 Å². The molecule has 1 aliphatic rings. The lowest BCUT2D eigenvalue weighted by molar-refractivity contribution is 0.207. The molecule has 0 radical (unpaired) electrons. The molecule has 1 atom stereocenters. The smallest absolute Gasteiger partial charge is 0.317 e. The molecule has 0 spiro atoms. The highest BCUT2D eigenvalue weighted by atomic mass is 35.5. The second-order valence-electron chi connectivity index (χ2n) is 6.12. The Morgan fingerprint density at radius 3 is 2.74 bits per heavy atom. The molecule has 0 saturated carbocycles. The van der Waals surface area contributed by atoms with Gasteiger partial charge in [-0.25, -0.2) is 4.79 Å². The summed E-state index contributed by atoms with van der Waals surface area (Å²) in [7, 11) is 0. The average molecular weight is 329 g/mol. The number of benzene rings is 2. The van der Waals surface area contributed by atoms with Gasteiger partial charge in [0.2, 0.25) is 0 Å². The summed E-state index contributed by atoms with van der Waals surface area (Å²) < 4.78 is 0. The first-order valence-electron chi connectivity index (χ1n) is 7.95.